The van der Waals surface area contributed by atoms with E-state index in [1.54, 1.807) is 0 Å². The quantitative estimate of drug-likeness (QED) is 0.123. The van der Waals surface area contributed by atoms with Crippen molar-refractivity contribution in [1.82, 2.24) is 4.98 Å². The standard InChI is InChI=1S/C39H26NOP/c41-42(30-13-3-1-4-14-30,31-15-5-2-6-16-31)32-23-19-29(20-24-32)37-35-25-21-27-11-7-9-17-33(27)38(35)40-39-34-18-10-8-12-28(34)22-26-36(37)39/h1-26H. The SMILES string of the molecule is O=P(c1ccccc1)(c1ccccc1)c1ccc(-c2c3ccc4ccccc4c3nc3c2ccc2ccccc23)cc1. The van der Waals surface area contributed by atoms with Crippen molar-refractivity contribution in [2.24, 2.45) is 0 Å². The molecule has 0 saturated carbocycles. The van der Waals surface area contributed by atoms with Crippen LogP contribution in [0.3, 0.4) is 0 Å². The van der Waals surface area contributed by atoms with E-state index in [4.69, 9.17) is 4.98 Å². The van der Waals surface area contributed by atoms with E-state index >= 15 is 0 Å². The highest BCUT2D eigenvalue weighted by Crippen LogP contribution is 2.44. The highest BCUT2D eigenvalue weighted by molar-refractivity contribution is 7.85. The molecule has 0 bridgehead atoms. The Morgan fingerprint density at radius 3 is 1.31 bits per heavy atom. The van der Waals surface area contributed by atoms with Crippen LogP contribution < -0.4 is 15.9 Å². The van der Waals surface area contributed by atoms with Gasteiger partial charge in [0.05, 0.1) is 11.0 Å². The lowest BCUT2D eigenvalue weighted by atomic mass is 9.92. The highest BCUT2D eigenvalue weighted by Gasteiger charge is 2.29. The molecule has 2 nitrogen and oxygen atoms in total. The molecule has 8 rings (SSSR count). The molecular weight excluding hydrogens is 529 g/mol. The zero-order valence-electron chi connectivity index (χ0n) is 22.8. The third-order valence-corrected chi connectivity index (χ3v) is 11.4. The summed E-state index contributed by atoms with van der Waals surface area (Å²) in [6, 6.07) is 53.7. The number of hydrogen-bond donors (Lipinski definition) is 0. The summed E-state index contributed by atoms with van der Waals surface area (Å²) >= 11 is 0. The van der Waals surface area contributed by atoms with Crippen LogP contribution in [0.1, 0.15) is 0 Å². The Morgan fingerprint density at radius 2 is 0.810 bits per heavy atom. The first kappa shape index (κ1) is 24.7. The van der Waals surface area contributed by atoms with Crippen LogP contribution in [0.25, 0.3) is 54.5 Å². The number of hydrogen-bond acceptors (Lipinski definition) is 2. The van der Waals surface area contributed by atoms with Gasteiger partial charge in [0.2, 0.25) is 0 Å². The van der Waals surface area contributed by atoms with Crippen LogP contribution in [0.4, 0.5) is 0 Å². The molecule has 198 valence electrons. The Kier molecular flexibility index (Phi) is 5.77. The zero-order chi connectivity index (χ0) is 28.1. The van der Waals surface area contributed by atoms with Gasteiger partial charge in [0.25, 0.3) is 0 Å². The van der Waals surface area contributed by atoms with Gasteiger partial charge in [-0.15, -0.1) is 0 Å². The van der Waals surface area contributed by atoms with Gasteiger partial charge >= 0.3 is 0 Å². The molecule has 0 unspecified atom stereocenters. The highest BCUT2D eigenvalue weighted by atomic mass is 31.2. The van der Waals surface area contributed by atoms with Crippen molar-refractivity contribution in [3.63, 3.8) is 0 Å². The summed E-state index contributed by atoms with van der Waals surface area (Å²) in [7, 11) is -3.06. The first-order valence-corrected chi connectivity index (χ1v) is 15.9. The van der Waals surface area contributed by atoms with Crippen molar-refractivity contribution in [2.45, 2.75) is 0 Å². The van der Waals surface area contributed by atoms with E-state index in [2.05, 4.69) is 97.1 Å². The lowest BCUT2D eigenvalue weighted by Gasteiger charge is -2.20. The van der Waals surface area contributed by atoms with Crippen LogP contribution in [-0.4, -0.2) is 4.98 Å². The Labute approximate surface area is 244 Å². The monoisotopic (exact) mass is 555 g/mol. The van der Waals surface area contributed by atoms with E-state index in [0.717, 1.165) is 59.6 Å². The summed E-state index contributed by atoms with van der Waals surface area (Å²) in [5, 5.41) is 9.33. The lowest BCUT2D eigenvalue weighted by molar-refractivity contribution is 0.592. The molecule has 0 radical (unpaired) electrons. The van der Waals surface area contributed by atoms with Gasteiger partial charge in [-0.25, -0.2) is 4.98 Å². The van der Waals surface area contributed by atoms with Gasteiger partial charge in [0.15, 0.2) is 7.14 Å². The van der Waals surface area contributed by atoms with Crippen molar-refractivity contribution in [3.05, 3.63) is 158 Å². The van der Waals surface area contributed by atoms with Gasteiger partial charge in [-0.3, -0.25) is 0 Å². The fourth-order valence-electron chi connectivity index (χ4n) is 6.28. The van der Waals surface area contributed by atoms with Gasteiger partial charge in [0.1, 0.15) is 0 Å². The molecule has 1 heterocycles. The van der Waals surface area contributed by atoms with Crippen molar-refractivity contribution >= 4 is 66.4 Å². The fraction of sp³-hybridized carbons (Fsp3) is 0. The average molecular weight is 556 g/mol. The second-order valence-electron chi connectivity index (χ2n) is 10.7. The first-order valence-electron chi connectivity index (χ1n) is 14.2. The predicted octanol–water partition coefficient (Wildman–Crippen LogP) is 9.00. The van der Waals surface area contributed by atoms with Gasteiger partial charge in [-0.1, -0.05) is 158 Å². The molecule has 8 aromatic rings. The average Bonchev–Trinajstić information content (AvgIpc) is 3.07. The van der Waals surface area contributed by atoms with Crippen molar-refractivity contribution in [3.8, 4) is 11.1 Å². The van der Waals surface area contributed by atoms with Gasteiger partial charge in [-0.05, 0) is 16.3 Å². The Bertz CT molecular complexity index is 2170. The maximum absolute atomic E-state index is 15.0. The molecule has 7 aromatic carbocycles. The van der Waals surface area contributed by atoms with Crippen LogP contribution in [-0.2, 0) is 4.57 Å². The van der Waals surface area contributed by atoms with E-state index < -0.39 is 7.14 Å². The molecule has 0 aliphatic rings. The lowest BCUT2D eigenvalue weighted by Crippen LogP contribution is -2.24. The second-order valence-corrected chi connectivity index (χ2v) is 13.4. The number of fused-ring (bicyclic) bond motifs is 6. The molecule has 0 amide bonds. The molecule has 42 heavy (non-hydrogen) atoms. The van der Waals surface area contributed by atoms with Gasteiger partial charge in [0, 0.05) is 43.0 Å². The molecule has 1 aromatic heterocycles. The fourth-order valence-corrected chi connectivity index (χ4v) is 8.93. The molecule has 0 aliphatic heterocycles. The van der Waals surface area contributed by atoms with Gasteiger partial charge < -0.3 is 4.57 Å². The third-order valence-electron chi connectivity index (χ3n) is 8.32. The van der Waals surface area contributed by atoms with E-state index in [0.29, 0.717) is 0 Å². The van der Waals surface area contributed by atoms with Crippen LogP contribution in [0.5, 0.6) is 0 Å². The maximum Gasteiger partial charge on any atom is 0.171 e. The normalized spacial score (nSPS) is 11.9. The topological polar surface area (TPSA) is 30.0 Å². The minimum Gasteiger partial charge on any atom is -0.309 e. The van der Waals surface area contributed by atoms with Crippen LogP contribution >= 0.6 is 7.14 Å². The second kappa shape index (κ2) is 9.80. The molecule has 3 heteroatoms. The largest absolute Gasteiger partial charge is 0.309 e. The summed E-state index contributed by atoms with van der Waals surface area (Å²) < 4.78 is 15.0. The molecule has 0 fully saturated rings. The predicted molar refractivity (Wildman–Crippen MR) is 179 cm³/mol. The third kappa shape index (κ3) is 3.80. The Hall–Kier alpha value is -5.04. The van der Waals surface area contributed by atoms with Crippen LogP contribution in [0.2, 0.25) is 0 Å². The minimum absolute atomic E-state index is 0.821. The summed E-state index contributed by atoms with van der Waals surface area (Å²) in [6.07, 6.45) is 0. The maximum atomic E-state index is 15.0. The number of benzene rings is 7. The summed E-state index contributed by atoms with van der Waals surface area (Å²) in [4.78, 5) is 5.31. The van der Waals surface area contributed by atoms with E-state index in [-0.39, 0.29) is 0 Å². The van der Waals surface area contributed by atoms with Crippen molar-refractivity contribution in [1.29, 1.82) is 0 Å². The Morgan fingerprint density at radius 1 is 0.381 bits per heavy atom. The van der Waals surface area contributed by atoms with E-state index in [1.807, 2.05) is 60.7 Å². The molecule has 0 atom stereocenters. The molecular formula is C39H26NOP. The van der Waals surface area contributed by atoms with E-state index in [1.165, 1.54) is 10.8 Å². The summed E-state index contributed by atoms with van der Waals surface area (Å²) in [5.41, 5.74) is 4.22. The van der Waals surface area contributed by atoms with Crippen molar-refractivity contribution < 1.29 is 4.57 Å². The number of pyridine rings is 1. The minimum atomic E-state index is -3.06. The van der Waals surface area contributed by atoms with Crippen LogP contribution in [0, 0.1) is 0 Å². The number of aromatic nitrogens is 1. The Balaban J connectivity index is 1.41. The number of nitrogens with zero attached hydrogens (tertiary/aromatic N) is 1. The van der Waals surface area contributed by atoms with E-state index in [9.17, 15) is 4.57 Å². The van der Waals surface area contributed by atoms with Crippen molar-refractivity contribution in [2.75, 3.05) is 0 Å². The number of rotatable bonds is 4. The first-order chi connectivity index (χ1) is 20.7. The molecule has 0 saturated heterocycles. The summed E-state index contributed by atoms with van der Waals surface area (Å²) in [6.45, 7) is 0. The smallest absolute Gasteiger partial charge is 0.171 e. The van der Waals surface area contributed by atoms with Crippen LogP contribution in [0.15, 0.2) is 158 Å². The molecule has 0 spiro atoms. The molecule has 0 aliphatic carbocycles. The zero-order valence-corrected chi connectivity index (χ0v) is 23.7. The van der Waals surface area contributed by atoms with Gasteiger partial charge in [-0.2, -0.15) is 0 Å². The molecule has 0 N–H and O–H groups in total. The summed E-state index contributed by atoms with van der Waals surface area (Å²) in [5.74, 6) is 0.